The largest absolute Gasteiger partial charge is 0.495 e. The number of anilines is 2. The first-order chi connectivity index (χ1) is 54.3. The van der Waals surface area contributed by atoms with E-state index in [-0.39, 0.29) is 41.2 Å². The van der Waals surface area contributed by atoms with Gasteiger partial charge in [0.1, 0.15) is 11.2 Å². The Kier molecular flexibility index (Phi) is 28.6. The van der Waals surface area contributed by atoms with Crippen LogP contribution >= 0.6 is 117 Å². The van der Waals surface area contributed by atoms with Gasteiger partial charge in [-0.3, -0.25) is 0 Å². The van der Waals surface area contributed by atoms with Crippen molar-refractivity contribution in [1.82, 2.24) is 19.9 Å². The number of benzene rings is 8. The van der Waals surface area contributed by atoms with Crippen LogP contribution in [0.25, 0.3) is 98.9 Å². The molecular formula is C85H88B4Br3Cl4IN6O13. The third kappa shape index (κ3) is 19.9. The summed E-state index contributed by atoms with van der Waals surface area (Å²) in [6.07, 6.45) is 2.56. The van der Waals surface area contributed by atoms with Gasteiger partial charge >= 0.3 is 28.3 Å². The molecule has 6 aromatic heterocycles. The predicted octanol–water partition coefficient (Wildman–Crippen LogP) is 22.4. The molecule has 0 atom stereocenters. The van der Waals surface area contributed by atoms with Crippen LogP contribution in [-0.4, -0.2) is 119 Å². The molecule has 0 bridgehead atoms. The number of aromatic nitrogens is 4. The number of hydrogen-bond donors (Lipinski definition) is 4. The number of methoxy groups -OCH3 is 2. The van der Waals surface area contributed by atoms with Crippen molar-refractivity contribution in [2.45, 2.75) is 137 Å². The lowest BCUT2D eigenvalue weighted by Gasteiger charge is -2.32. The molecule has 0 saturated carbocycles. The van der Waals surface area contributed by atoms with Crippen molar-refractivity contribution in [3.63, 3.8) is 0 Å². The number of nitrogens with zero attached hydrogens (tertiary/aromatic N) is 4. The zero-order valence-corrected chi connectivity index (χ0v) is 75.6. The fraction of sp³-hybridized carbons (Fsp3) is 0.294. The molecule has 604 valence electrons. The van der Waals surface area contributed by atoms with Gasteiger partial charge in [0, 0.05) is 130 Å². The van der Waals surface area contributed by atoms with Crippen LogP contribution in [0.1, 0.15) is 103 Å². The van der Waals surface area contributed by atoms with Crippen LogP contribution in [0.4, 0.5) is 11.4 Å². The van der Waals surface area contributed by atoms with Crippen LogP contribution in [0.3, 0.4) is 0 Å². The second-order valence-electron chi connectivity index (χ2n) is 30.6. The molecule has 31 heteroatoms. The standard InChI is InChI=1S/C21H19BClNO3.C16H12BrClN2O.C15H7BrClNO.C12H24B2O4.C10H10BNO3.C6H4BrClIN.C4H8O.CH4/c1-20(2)21(3,4)27-22(26-20)15-10-13(23)11-17-18(15)14-9-12-7-5-6-8-16(12)24-19(14)25-17;1-21-16-11(6-9-4-2-3-5-14(9)20-16)15-12(17)7-10(18)8-13(15)19;16-11-6-9(17)7-13-14(11)10-5-8-3-1-2-4-12(8)18-15(10)19-13;1-9(2)10(3,4)16-13(15-9)14-17-11(5,6)12(7,8)18-14;1-15-10-8(11(13)14)6-7-4-2-3-5-9(7)12-10;7-4-1-3(8)2-5(10)6(4)9;1-2-4-5-3-1;/h5-11H,1-4H3;2-8H,19H2,1H3;1-7H;1-8H3;2-6,13-14H,1H3;1-2H,10H2;1-4H2;1H4. The van der Waals surface area contributed by atoms with E-state index in [0.717, 1.165) is 118 Å². The summed E-state index contributed by atoms with van der Waals surface area (Å²) >= 11 is 36.7. The molecule has 4 saturated heterocycles. The minimum atomic E-state index is -1.57. The number of pyridine rings is 4. The summed E-state index contributed by atoms with van der Waals surface area (Å²) in [5.41, 5.74) is 19.6. The van der Waals surface area contributed by atoms with Gasteiger partial charge < -0.3 is 72.5 Å². The van der Waals surface area contributed by atoms with Crippen LogP contribution in [0, 0.1) is 3.57 Å². The van der Waals surface area contributed by atoms with Gasteiger partial charge in [0.2, 0.25) is 23.2 Å². The highest BCUT2D eigenvalue weighted by Gasteiger charge is 2.64. The first kappa shape index (κ1) is 90.2. The normalized spacial score (nSPS) is 16.4. The van der Waals surface area contributed by atoms with Gasteiger partial charge in [-0.25, -0.2) is 19.9 Å². The molecule has 4 aliphatic heterocycles. The van der Waals surface area contributed by atoms with Gasteiger partial charge in [0.15, 0.2) is 0 Å². The van der Waals surface area contributed by atoms with E-state index in [4.69, 9.17) is 119 Å². The van der Waals surface area contributed by atoms with Gasteiger partial charge in [0.25, 0.3) is 0 Å². The van der Waals surface area contributed by atoms with E-state index in [9.17, 15) is 0 Å². The Balaban J connectivity index is 0.000000137. The summed E-state index contributed by atoms with van der Waals surface area (Å²) in [5.74, 6) is 0.770. The van der Waals surface area contributed by atoms with Crippen LogP contribution in [0.5, 0.6) is 11.8 Å². The molecule has 18 rings (SSSR count). The van der Waals surface area contributed by atoms with E-state index < -0.39 is 39.5 Å². The van der Waals surface area contributed by atoms with Crippen LogP contribution in [0.2, 0.25) is 20.1 Å². The number of rotatable bonds is 6. The average Bonchev–Trinajstić information content (AvgIpc) is 1.58. The van der Waals surface area contributed by atoms with Crippen LogP contribution < -0.4 is 31.9 Å². The minimum Gasteiger partial charge on any atom is -0.481 e. The van der Waals surface area contributed by atoms with Gasteiger partial charge in [-0.2, -0.15) is 0 Å². The third-order valence-electron chi connectivity index (χ3n) is 21.0. The van der Waals surface area contributed by atoms with Crippen LogP contribution in [-0.2, 0) is 32.7 Å². The number of ether oxygens (including phenoxy) is 3. The number of nitrogens with two attached hydrogens (primary N) is 2. The lowest BCUT2D eigenvalue weighted by molar-refractivity contribution is 0.00578. The van der Waals surface area contributed by atoms with Crippen molar-refractivity contribution in [3.05, 3.63) is 207 Å². The van der Waals surface area contributed by atoms with Crippen molar-refractivity contribution < 1.29 is 61.0 Å². The minimum absolute atomic E-state index is 0. The molecular weight excluding hydrogens is 1860 g/mol. The van der Waals surface area contributed by atoms with Gasteiger partial charge in [-0.05, 0) is 241 Å². The van der Waals surface area contributed by atoms with Crippen molar-refractivity contribution in [2.75, 3.05) is 38.9 Å². The van der Waals surface area contributed by atoms with Gasteiger partial charge in [0.05, 0.1) is 73.5 Å². The van der Waals surface area contributed by atoms with Crippen molar-refractivity contribution in [2.24, 2.45) is 0 Å². The van der Waals surface area contributed by atoms with E-state index in [1.54, 1.807) is 25.3 Å². The molecule has 0 spiro atoms. The Morgan fingerprint density at radius 3 is 1.25 bits per heavy atom. The SMILES string of the molecule is C.C1CCOC1.CC1(C)OB(B2OC(C)(C)C(C)(C)O2)OC1(C)C.CC1(C)OB(c2cc(Cl)cc3oc4nc5ccccc5cc4c23)OC1(C)C.COc1nc2ccccc2cc1-c1c(N)cc(Cl)cc1Br.COc1nc2ccccc2cc1B(O)O.Clc1cc(Br)c2c(c1)oc1nc3ccccc3cc12.Nc1cc(Cl)cc(Br)c1I. The maximum absolute atomic E-state index is 9.13. The van der Waals surface area contributed by atoms with E-state index in [1.165, 1.54) is 20.0 Å². The molecule has 19 nitrogen and oxygen atoms in total. The van der Waals surface area contributed by atoms with Crippen molar-refractivity contribution in [3.8, 4) is 22.9 Å². The molecule has 0 unspecified atom stereocenters. The van der Waals surface area contributed by atoms with Crippen molar-refractivity contribution >= 4 is 255 Å². The number of furan rings is 2. The Hall–Kier alpha value is -6.57. The summed E-state index contributed by atoms with van der Waals surface area (Å²) in [6.45, 7) is 26.4. The molecule has 0 amide bonds. The second-order valence-corrected chi connectivity index (χ2v) is 36.0. The number of para-hydroxylation sites is 4. The average molecular weight is 1950 g/mol. The molecule has 8 aromatic carbocycles. The smallest absolute Gasteiger partial charge is 0.481 e. The van der Waals surface area contributed by atoms with E-state index >= 15 is 0 Å². The van der Waals surface area contributed by atoms with E-state index in [0.29, 0.717) is 54.4 Å². The number of hydrogen-bond acceptors (Lipinski definition) is 19. The quantitative estimate of drug-likeness (QED) is 0.0522. The summed E-state index contributed by atoms with van der Waals surface area (Å²) in [6, 6.07) is 53.6. The fourth-order valence-corrected chi connectivity index (χ4v) is 16.2. The first-order valence-electron chi connectivity index (χ1n) is 36.8. The van der Waals surface area contributed by atoms with E-state index in [1.807, 2.05) is 223 Å². The molecule has 6 N–H and O–H groups in total. The molecule has 4 aliphatic rings. The number of halogens is 8. The molecule has 0 radical (unpaired) electrons. The van der Waals surface area contributed by atoms with E-state index in [2.05, 4.69) is 102 Å². The van der Waals surface area contributed by atoms with Crippen molar-refractivity contribution in [1.29, 1.82) is 0 Å². The summed E-state index contributed by atoms with van der Waals surface area (Å²) in [4.78, 5) is 17.9. The molecule has 14 aromatic rings. The Morgan fingerprint density at radius 1 is 0.448 bits per heavy atom. The predicted molar refractivity (Wildman–Crippen MR) is 496 cm³/mol. The lowest BCUT2D eigenvalue weighted by Crippen LogP contribution is -2.41. The highest BCUT2D eigenvalue weighted by molar-refractivity contribution is 14.1. The zero-order chi connectivity index (χ0) is 83.0. The van der Waals surface area contributed by atoms with Crippen LogP contribution in [0.15, 0.2) is 192 Å². The fourth-order valence-electron chi connectivity index (χ4n) is 12.8. The number of fused-ring (bicyclic) bond motifs is 10. The molecule has 4 fully saturated rings. The summed E-state index contributed by atoms with van der Waals surface area (Å²) < 4.78 is 67.3. The lowest BCUT2D eigenvalue weighted by atomic mass is 9.49. The highest BCUT2D eigenvalue weighted by atomic mass is 127. The maximum Gasteiger partial charge on any atom is 0.495 e. The third-order valence-corrected chi connectivity index (χ3v) is 25.7. The Labute approximate surface area is 735 Å². The summed E-state index contributed by atoms with van der Waals surface area (Å²) in [5, 5.41) is 28.6. The van der Waals surface area contributed by atoms with Gasteiger partial charge in [-0.15, -0.1) is 0 Å². The highest BCUT2D eigenvalue weighted by Crippen LogP contribution is 2.46. The molecule has 10 heterocycles. The summed E-state index contributed by atoms with van der Waals surface area (Å²) in [7, 11) is -0.00325. The topological polar surface area (TPSA) is 253 Å². The molecule has 116 heavy (non-hydrogen) atoms. The Morgan fingerprint density at radius 2 is 0.819 bits per heavy atom. The Bertz CT molecular complexity index is 5810. The maximum atomic E-state index is 9.13. The first-order valence-corrected chi connectivity index (χ1v) is 41.8. The molecule has 0 aliphatic carbocycles. The monoisotopic (exact) mass is 1950 g/mol. The number of nitrogen functional groups attached to an aromatic ring is 2. The zero-order valence-electron chi connectivity index (χ0n) is 65.7. The van der Waals surface area contributed by atoms with Gasteiger partial charge in [-0.1, -0.05) is 143 Å². The second kappa shape index (κ2) is 36.8.